The van der Waals surface area contributed by atoms with E-state index < -0.39 is 11.2 Å². The lowest BCUT2D eigenvalue weighted by Gasteiger charge is -2.06. The summed E-state index contributed by atoms with van der Waals surface area (Å²) in [4.78, 5) is 10.8. The van der Waals surface area contributed by atoms with E-state index in [1.165, 1.54) is 11.8 Å². The lowest BCUT2D eigenvalue weighted by molar-refractivity contribution is -0.136. The van der Waals surface area contributed by atoms with E-state index in [9.17, 15) is 4.79 Å². The maximum absolute atomic E-state index is 10.8. The van der Waals surface area contributed by atoms with E-state index in [0.29, 0.717) is 5.16 Å². The van der Waals surface area contributed by atoms with Crippen molar-refractivity contribution in [3.05, 3.63) is 30.3 Å². The van der Waals surface area contributed by atoms with Crippen molar-refractivity contribution in [2.24, 2.45) is 7.05 Å². The zero-order chi connectivity index (χ0) is 13.1. The Labute approximate surface area is 109 Å². The van der Waals surface area contributed by atoms with Gasteiger partial charge in [0, 0.05) is 12.6 Å². The molecule has 1 aromatic heterocycles. The van der Waals surface area contributed by atoms with Crippen molar-refractivity contribution in [1.29, 1.82) is 0 Å². The molecule has 6 heteroatoms. The Kier molecular flexibility index (Phi) is 3.66. The Balaban J connectivity index is 2.27. The van der Waals surface area contributed by atoms with Crippen LogP contribution in [0.1, 0.15) is 6.92 Å². The van der Waals surface area contributed by atoms with Crippen LogP contribution in [0.5, 0.6) is 0 Å². The van der Waals surface area contributed by atoms with Crippen LogP contribution < -0.4 is 0 Å². The summed E-state index contributed by atoms with van der Waals surface area (Å²) in [6, 6.07) is 9.67. The molecule has 1 N–H and O–H groups in total. The highest BCUT2D eigenvalue weighted by Gasteiger charge is 2.18. The van der Waals surface area contributed by atoms with E-state index in [4.69, 9.17) is 5.11 Å². The fourth-order valence-corrected chi connectivity index (χ4v) is 2.21. The monoisotopic (exact) mass is 263 g/mol. The summed E-state index contributed by atoms with van der Waals surface area (Å²) in [5.41, 5.74) is 0.960. The Morgan fingerprint density at radius 1 is 1.33 bits per heavy atom. The lowest BCUT2D eigenvalue weighted by Crippen LogP contribution is -2.12. The molecule has 1 aromatic carbocycles. The molecule has 2 rings (SSSR count). The molecule has 1 heterocycles. The maximum atomic E-state index is 10.8. The van der Waals surface area contributed by atoms with E-state index in [-0.39, 0.29) is 0 Å². The molecule has 0 aliphatic heterocycles. The van der Waals surface area contributed by atoms with E-state index in [2.05, 4.69) is 10.2 Å². The Bertz CT molecular complexity index is 554. The number of hydrogen-bond donors (Lipinski definition) is 1. The molecule has 0 aliphatic carbocycles. The van der Waals surface area contributed by atoms with Gasteiger partial charge in [0.2, 0.25) is 0 Å². The number of carboxylic acids is 1. The molecular formula is C12H13N3O2S. The number of rotatable bonds is 4. The molecule has 0 unspecified atom stereocenters. The smallest absolute Gasteiger partial charge is 0.316 e. The van der Waals surface area contributed by atoms with Gasteiger partial charge in [-0.25, -0.2) is 0 Å². The van der Waals surface area contributed by atoms with Gasteiger partial charge in [-0.15, -0.1) is 10.2 Å². The predicted molar refractivity (Wildman–Crippen MR) is 69.4 cm³/mol. The van der Waals surface area contributed by atoms with Gasteiger partial charge in [-0.05, 0) is 6.92 Å². The summed E-state index contributed by atoms with van der Waals surface area (Å²) in [5, 5.41) is 17.1. The van der Waals surface area contributed by atoms with Gasteiger partial charge in [-0.2, -0.15) is 0 Å². The van der Waals surface area contributed by atoms with Crippen LogP contribution >= 0.6 is 11.8 Å². The average Bonchev–Trinajstić information content (AvgIpc) is 2.72. The number of carboxylic acid groups (broad SMARTS) is 1. The number of hydrogen-bond acceptors (Lipinski definition) is 4. The van der Waals surface area contributed by atoms with Crippen LogP contribution in [0, 0.1) is 0 Å². The zero-order valence-electron chi connectivity index (χ0n) is 10.1. The Morgan fingerprint density at radius 3 is 2.61 bits per heavy atom. The van der Waals surface area contributed by atoms with Crippen molar-refractivity contribution in [1.82, 2.24) is 14.8 Å². The minimum absolute atomic E-state index is 0.545. The fourth-order valence-electron chi connectivity index (χ4n) is 1.46. The topological polar surface area (TPSA) is 68.0 Å². The quantitative estimate of drug-likeness (QED) is 0.855. The number of thioether (sulfide) groups is 1. The molecule has 0 saturated heterocycles. The normalized spacial score (nSPS) is 12.3. The molecule has 2 aromatic rings. The van der Waals surface area contributed by atoms with Crippen LogP contribution in [0.4, 0.5) is 0 Å². The fraction of sp³-hybridized carbons (Fsp3) is 0.250. The highest BCUT2D eigenvalue weighted by molar-refractivity contribution is 8.00. The summed E-state index contributed by atoms with van der Waals surface area (Å²) < 4.78 is 1.80. The number of aliphatic carboxylic acids is 1. The van der Waals surface area contributed by atoms with Gasteiger partial charge < -0.3 is 9.67 Å². The lowest BCUT2D eigenvalue weighted by atomic mass is 10.2. The molecule has 0 radical (unpaired) electrons. The number of carbonyl (C=O) groups is 1. The minimum Gasteiger partial charge on any atom is -0.480 e. The highest BCUT2D eigenvalue weighted by atomic mass is 32.2. The molecular weight excluding hydrogens is 250 g/mol. The highest BCUT2D eigenvalue weighted by Crippen LogP contribution is 2.25. The number of nitrogens with zero attached hydrogens (tertiary/aromatic N) is 3. The van der Waals surface area contributed by atoms with Crippen molar-refractivity contribution in [3.63, 3.8) is 0 Å². The standard InChI is InChI=1S/C12H13N3O2S/c1-8(11(16)17)18-12-14-13-10(15(12)2)9-6-4-3-5-7-9/h3-8H,1-2H3,(H,16,17)/t8-/m0/s1. The molecule has 18 heavy (non-hydrogen) atoms. The third-order valence-corrected chi connectivity index (χ3v) is 3.62. The van der Waals surface area contributed by atoms with Crippen LogP contribution in [0.3, 0.4) is 0 Å². The molecule has 0 bridgehead atoms. The summed E-state index contributed by atoms with van der Waals surface area (Å²) in [6.45, 7) is 1.63. The van der Waals surface area contributed by atoms with Crippen LogP contribution in [-0.4, -0.2) is 31.1 Å². The first-order chi connectivity index (χ1) is 8.59. The first kappa shape index (κ1) is 12.6. The molecule has 1 atom stereocenters. The van der Waals surface area contributed by atoms with Gasteiger partial charge in [0.25, 0.3) is 0 Å². The van der Waals surface area contributed by atoms with Gasteiger partial charge in [-0.1, -0.05) is 42.1 Å². The van der Waals surface area contributed by atoms with Crippen molar-refractivity contribution >= 4 is 17.7 Å². The van der Waals surface area contributed by atoms with Crippen molar-refractivity contribution in [3.8, 4) is 11.4 Å². The van der Waals surface area contributed by atoms with Gasteiger partial charge >= 0.3 is 5.97 Å². The molecule has 0 saturated carbocycles. The van der Waals surface area contributed by atoms with E-state index >= 15 is 0 Å². The third kappa shape index (κ3) is 2.53. The van der Waals surface area contributed by atoms with Crippen molar-refractivity contribution in [2.75, 3.05) is 0 Å². The van der Waals surface area contributed by atoms with E-state index in [0.717, 1.165) is 11.4 Å². The summed E-state index contributed by atoms with van der Waals surface area (Å²) in [7, 11) is 1.83. The van der Waals surface area contributed by atoms with Crippen LogP contribution in [0.25, 0.3) is 11.4 Å². The maximum Gasteiger partial charge on any atom is 0.316 e. The van der Waals surface area contributed by atoms with E-state index in [1.54, 1.807) is 11.5 Å². The van der Waals surface area contributed by atoms with Gasteiger partial charge in [0.1, 0.15) is 5.25 Å². The number of aromatic nitrogens is 3. The summed E-state index contributed by atoms with van der Waals surface area (Å²) in [6.07, 6.45) is 0. The molecule has 0 amide bonds. The van der Waals surface area contributed by atoms with E-state index in [1.807, 2.05) is 37.4 Å². The van der Waals surface area contributed by atoms with Crippen LogP contribution in [0.15, 0.2) is 35.5 Å². The minimum atomic E-state index is -0.857. The summed E-state index contributed by atoms with van der Waals surface area (Å²) in [5.74, 6) is -0.125. The second-order valence-electron chi connectivity index (χ2n) is 3.83. The first-order valence-electron chi connectivity index (χ1n) is 5.44. The van der Waals surface area contributed by atoms with Crippen LogP contribution in [-0.2, 0) is 11.8 Å². The van der Waals surface area contributed by atoms with Gasteiger partial charge in [0.05, 0.1) is 0 Å². The van der Waals surface area contributed by atoms with Gasteiger partial charge in [-0.3, -0.25) is 4.79 Å². The zero-order valence-corrected chi connectivity index (χ0v) is 10.9. The van der Waals surface area contributed by atoms with Crippen molar-refractivity contribution < 1.29 is 9.90 Å². The first-order valence-corrected chi connectivity index (χ1v) is 6.32. The second-order valence-corrected chi connectivity index (χ2v) is 5.14. The Hall–Kier alpha value is -1.82. The molecule has 0 fully saturated rings. The Morgan fingerprint density at radius 2 is 2.00 bits per heavy atom. The largest absolute Gasteiger partial charge is 0.480 e. The second kappa shape index (κ2) is 5.22. The third-order valence-electron chi connectivity index (χ3n) is 2.50. The van der Waals surface area contributed by atoms with Crippen molar-refractivity contribution in [2.45, 2.75) is 17.3 Å². The predicted octanol–water partition coefficient (Wildman–Crippen LogP) is 2.05. The van der Waals surface area contributed by atoms with Crippen LogP contribution in [0.2, 0.25) is 0 Å². The summed E-state index contributed by atoms with van der Waals surface area (Å²) >= 11 is 1.18. The molecule has 94 valence electrons. The number of benzene rings is 1. The average molecular weight is 263 g/mol. The molecule has 0 aliphatic rings. The molecule has 5 nitrogen and oxygen atoms in total. The molecule has 0 spiro atoms. The SMILES string of the molecule is C[C@H](Sc1nnc(-c2ccccc2)n1C)C(=O)O. The van der Waals surface area contributed by atoms with Gasteiger partial charge in [0.15, 0.2) is 11.0 Å².